The first-order chi connectivity index (χ1) is 16.9. The number of rotatable bonds is 8. The van der Waals surface area contributed by atoms with Crippen LogP contribution in [-0.4, -0.2) is 38.0 Å². The lowest BCUT2D eigenvalue weighted by molar-refractivity contribution is -0.151. The fraction of sp³-hybridized carbons (Fsp3) is 0.192. The zero-order valence-electron chi connectivity index (χ0n) is 18.9. The zero-order valence-corrected chi connectivity index (χ0v) is 20.5. The second kappa shape index (κ2) is 11.1. The average molecular weight is 539 g/mol. The van der Waals surface area contributed by atoms with Crippen molar-refractivity contribution < 1.29 is 28.6 Å². The summed E-state index contributed by atoms with van der Waals surface area (Å²) >= 11 is 3.32. The Labute approximate surface area is 210 Å². The molecule has 4 rings (SSSR count). The molecule has 1 fully saturated rings. The van der Waals surface area contributed by atoms with Gasteiger partial charge in [-0.05, 0) is 60.7 Å². The molecule has 0 spiro atoms. The number of carbonyl (C=O) groups excluding carboxylic acids is 3. The average Bonchev–Trinajstić information content (AvgIpc) is 3.26. The van der Waals surface area contributed by atoms with Gasteiger partial charge in [0.05, 0.1) is 13.0 Å². The molecule has 2 amide bonds. The van der Waals surface area contributed by atoms with Crippen molar-refractivity contribution in [2.24, 2.45) is 5.92 Å². The van der Waals surface area contributed by atoms with Gasteiger partial charge in [0.25, 0.3) is 5.91 Å². The largest absolute Gasteiger partial charge is 0.493 e. The van der Waals surface area contributed by atoms with Crippen LogP contribution in [0.15, 0.2) is 77.3 Å². The van der Waals surface area contributed by atoms with E-state index in [0.717, 1.165) is 4.47 Å². The highest BCUT2D eigenvalue weighted by molar-refractivity contribution is 9.10. The van der Waals surface area contributed by atoms with Gasteiger partial charge < -0.3 is 24.4 Å². The van der Waals surface area contributed by atoms with Gasteiger partial charge in [-0.15, -0.1) is 0 Å². The standard InChI is InChI=1S/C26H23BrN2O6/c1-33-22-4-2-3-5-23(22)35-21-12-10-20(11-13-21)29-15-17(14-25(29)31)26(32)34-16-24(30)28-19-8-6-18(27)7-9-19/h2-13,17H,14-16H2,1H3,(H,28,30)/t17-/m1/s1. The van der Waals surface area contributed by atoms with Crippen molar-refractivity contribution in [1.82, 2.24) is 0 Å². The molecule has 3 aromatic rings. The third kappa shape index (κ3) is 6.19. The number of anilines is 2. The monoisotopic (exact) mass is 538 g/mol. The van der Waals surface area contributed by atoms with Crippen molar-refractivity contribution in [3.8, 4) is 17.2 Å². The summed E-state index contributed by atoms with van der Waals surface area (Å²) in [4.78, 5) is 38.6. The van der Waals surface area contributed by atoms with E-state index in [-0.39, 0.29) is 18.9 Å². The lowest BCUT2D eigenvalue weighted by atomic mass is 10.1. The SMILES string of the molecule is COc1ccccc1Oc1ccc(N2C[C@H](C(=O)OCC(=O)Nc3ccc(Br)cc3)CC2=O)cc1. The Balaban J connectivity index is 1.30. The molecule has 3 aromatic carbocycles. The van der Waals surface area contributed by atoms with Crippen LogP contribution < -0.4 is 19.7 Å². The summed E-state index contributed by atoms with van der Waals surface area (Å²) < 4.78 is 17.2. The Morgan fingerprint density at radius 3 is 2.37 bits per heavy atom. The zero-order chi connectivity index (χ0) is 24.8. The molecule has 0 radical (unpaired) electrons. The molecule has 1 N–H and O–H groups in total. The van der Waals surface area contributed by atoms with Gasteiger partial charge in [-0.25, -0.2) is 0 Å². The molecule has 9 heteroatoms. The van der Waals surface area contributed by atoms with Crippen molar-refractivity contribution in [1.29, 1.82) is 0 Å². The van der Waals surface area contributed by atoms with E-state index < -0.39 is 24.4 Å². The first kappa shape index (κ1) is 24.3. The lowest BCUT2D eigenvalue weighted by Gasteiger charge is -2.17. The topological polar surface area (TPSA) is 94.2 Å². The number of hydrogen-bond acceptors (Lipinski definition) is 6. The van der Waals surface area contributed by atoms with Gasteiger partial charge in [0, 0.05) is 28.8 Å². The summed E-state index contributed by atoms with van der Waals surface area (Å²) in [6.07, 6.45) is 0.0205. The molecular formula is C26H23BrN2O6. The first-order valence-corrected chi connectivity index (χ1v) is 11.7. The summed E-state index contributed by atoms with van der Waals surface area (Å²) in [7, 11) is 1.57. The van der Waals surface area contributed by atoms with Crippen molar-refractivity contribution in [2.75, 3.05) is 30.5 Å². The van der Waals surface area contributed by atoms with Gasteiger partial charge >= 0.3 is 5.97 Å². The molecule has 35 heavy (non-hydrogen) atoms. The maximum atomic E-state index is 12.5. The summed E-state index contributed by atoms with van der Waals surface area (Å²) in [5.74, 6) is -0.102. The number of hydrogen-bond donors (Lipinski definition) is 1. The molecule has 0 aliphatic carbocycles. The minimum atomic E-state index is -0.646. The number of esters is 1. The molecule has 0 saturated carbocycles. The quantitative estimate of drug-likeness (QED) is 0.414. The van der Waals surface area contributed by atoms with Crippen LogP contribution >= 0.6 is 15.9 Å². The number of carbonyl (C=O) groups is 3. The van der Waals surface area contributed by atoms with Crippen molar-refractivity contribution in [3.63, 3.8) is 0 Å². The van der Waals surface area contributed by atoms with Crippen molar-refractivity contribution >= 4 is 45.1 Å². The molecule has 1 aliphatic rings. The third-order valence-electron chi connectivity index (χ3n) is 5.38. The summed E-state index contributed by atoms with van der Waals surface area (Å²) in [6, 6.07) is 21.3. The van der Waals surface area contributed by atoms with Gasteiger partial charge in [0.15, 0.2) is 18.1 Å². The second-order valence-electron chi connectivity index (χ2n) is 7.81. The maximum Gasteiger partial charge on any atom is 0.311 e. The van der Waals surface area contributed by atoms with Gasteiger partial charge in [0.2, 0.25) is 5.91 Å². The summed E-state index contributed by atoms with van der Waals surface area (Å²) in [5, 5.41) is 2.65. The molecule has 180 valence electrons. The van der Waals surface area contributed by atoms with E-state index in [1.807, 2.05) is 12.1 Å². The Kier molecular flexibility index (Phi) is 7.67. The normalized spacial score (nSPS) is 15.0. The molecular weight excluding hydrogens is 516 g/mol. The second-order valence-corrected chi connectivity index (χ2v) is 8.73. The van der Waals surface area contributed by atoms with Crippen LogP contribution in [0, 0.1) is 5.92 Å². The van der Waals surface area contributed by atoms with E-state index in [4.69, 9.17) is 14.2 Å². The summed E-state index contributed by atoms with van der Waals surface area (Å²) in [6.45, 7) is -0.243. The van der Waals surface area contributed by atoms with Crippen molar-refractivity contribution in [2.45, 2.75) is 6.42 Å². The molecule has 0 unspecified atom stereocenters. The molecule has 1 heterocycles. The summed E-state index contributed by atoms with van der Waals surface area (Å²) in [5.41, 5.74) is 1.24. The number of benzene rings is 3. The highest BCUT2D eigenvalue weighted by Gasteiger charge is 2.36. The number of nitrogens with zero attached hydrogens (tertiary/aromatic N) is 1. The lowest BCUT2D eigenvalue weighted by Crippen LogP contribution is -2.28. The third-order valence-corrected chi connectivity index (χ3v) is 5.91. The fourth-order valence-corrected chi connectivity index (χ4v) is 3.89. The molecule has 0 aromatic heterocycles. The molecule has 1 aliphatic heterocycles. The number of methoxy groups -OCH3 is 1. The number of nitrogens with one attached hydrogen (secondary N) is 1. The number of halogens is 1. The highest BCUT2D eigenvalue weighted by atomic mass is 79.9. The van der Waals surface area contributed by atoms with E-state index in [0.29, 0.717) is 28.6 Å². The fourth-order valence-electron chi connectivity index (χ4n) is 3.62. The molecule has 1 saturated heterocycles. The number of amides is 2. The van der Waals surface area contributed by atoms with Crippen LogP contribution in [0.2, 0.25) is 0 Å². The van der Waals surface area contributed by atoms with Gasteiger partial charge in [-0.1, -0.05) is 28.1 Å². The smallest absolute Gasteiger partial charge is 0.311 e. The van der Waals surface area contributed by atoms with Gasteiger partial charge in [-0.2, -0.15) is 0 Å². The Bertz CT molecular complexity index is 1210. The van der Waals surface area contributed by atoms with Gasteiger partial charge in [-0.3, -0.25) is 14.4 Å². The van der Waals surface area contributed by atoms with E-state index in [1.165, 1.54) is 4.90 Å². The van der Waals surface area contributed by atoms with E-state index in [9.17, 15) is 14.4 Å². The van der Waals surface area contributed by atoms with Crippen LogP contribution in [0.25, 0.3) is 0 Å². The minimum absolute atomic E-state index is 0.0205. The van der Waals surface area contributed by atoms with E-state index in [2.05, 4.69) is 21.2 Å². The van der Waals surface area contributed by atoms with Crippen molar-refractivity contribution in [3.05, 3.63) is 77.3 Å². The Morgan fingerprint density at radius 1 is 1.00 bits per heavy atom. The number of ether oxygens (including phenoxy) is 3. The number of para-hydroxylation sites is 2. The highest BCUT2D eigenvalue weighted by Crippen LogP contribution is 2.33. The van der Waals surface area contributed by atoms with Crippen LogP contribution in [0.3, 0.4) is 0 Å². The first-order valence-electron chi connectivity index (χ1n) is 10.9. The Hall–Kier alpha value is -3.85. The van der Waals surface area contributed by atoms with Crippen LogP contribution in [0.4, 0.5) is 11.4 Å². The Morgan fingerprint density at radius 2 is 1.69 bits per heavy atom. The van der Waals surface area contributed by atoms with Crippen LogP contribution in [0.1, 0.15) is 6.42 Å². The molecule has 0 bridgehead atoms. The van der Waals surface area contributed by atoms with E-state index in [1.54, 1.807) is 67.8 Å². The molecule has 8 nitrogen and oxygen atoms in total. The predicted molar refractivity (Wildman–Crippen MR) is 134 cm³/mol. The van der Waals surface area contributed by atoms with Crippen LogP contribution in [0.5, 0.6) is 17.2 Å². The molecule has 1 atom stereocenters. The van der Waals surface area contributed by atoms with E-state index >= 15 is 0 Å². The van der Waals surface area contributed by atoms with Gasteiger partial charge in [0.1, 0.15) is 5.75 Å². The van der Waals surface area contributed by atoms with Crippen LogP contribution in [-0.2, 0) is 19.1 Å². The minimum Gasteiger partial charge on any atom is -0.493 e. The maximum absolute atomic E-state index is 12.5. The predicted octanol–water partition coefficient (Wildman–Crippen LogP) is 4.78.